The molecule has 34 heavy (non-hydrogen) atoms. The highest BCUT2D eigenvalue weighted by molar-refractivity contribution is 8.05. The predicted molar refractivity (Wildman–Crippen MR) is 133 cm³/mol. The minimum atomic E-state index is -0.607. The number of thioether (sulfide) groups is 1. The Morgan fingerprint density at radius 3 is 2.41 bits per heavy atom. The molecular formula is C27H22FN3O2S. The fraction of sp³-hybridized carbons (Fsp3) is 0.148. The number of carbonyl (C=O) groups excluding carboxylic acids is 2. The van der Waals surface area contributed by atoms with Crippen LogP contribution in [0.3, 0.4) is 0 Å². The first-order valence-corrected chi connectivity index (χ1v) is 11.6. The van der Waals surface area contributed by atoms with Gasteiger partial charge < -0.3 is 5.32 Å². The Labute approximate surface area is 201 Å². The second-order valence-corrected chi connectivity index (χ2v) is 9.25. The van der Waals surface area contributed by atoms with Gasteiger partial charge >= 0.3 is 0 Å². The van der Waals surface area contributed by atoms with Gasteiger partial charge in [-0.25, -0.2) is 4.39 Å². The molecule has 170 valence electrons. The van der Waals surface area contributed by atoms with Crippen LogP contribution in [0.1, 0.15) is 16.7 Å². The van der Waals surface area contributed by atoms with Crippen LogP contribution < -0.4 is 10.2 Å². The van der Waals surface area contributed by atoms with E-state index in [0.717, 1.165) is 16.7 Å². The molecule has 1 saturated heterocycles. The van der Waals surface area contributed by atoms with E-state index < -0.39 is 17.0 Å². The molecule has 1 unspecified atom stereocenters. The van der Waals surface area contributed by atoms with Crippen molar-refractivity contribution in [2.24, 2.45) is 0 Å². The van der Waals surface area contributed by atoms with Crippen molar-refractivity contribution in [2.75, 3.05) is 10.2 Å². The van der Waals surface area contributed by atoms with Crippen molar-refractivity contribution in [3.63, 3.8) is 0 Å². The number of anilines is 2. The van der Waals surface area contributed by atoms with E-state index in [2.05, 4.69) is 5.32 Å². The fourth-order valence-corrected chi connectivity index (χ4v) is 5.00. The van der Waals surface area contributed by atoms with Gasteiger partial charge in [-0.15, -0.1) is 0 Å². The van der Waals surface area contributed by atoms with Gasteiger partial charge in [0.15, 0.2) is 0 Å². The van der Waals surface area contributed by atoms with Crippen LogP contribution in [-0.4, -0.2) is 17.1 Å². The quantitative estimate of drug-likeness (QED) is 0.394. The Balaban J connectivity index is 1.72. The van der Waals surface area contributed by atoms with Gasteiger partial charge in [-0.05, 0) is 62.2 Å². The first kappa shape index (κ1) is 23.3. The molecular weight excluding hydrogens is 449 g/mol. The van der Waals surface area contributed by atoms with Crippen LogP contribution in [0.2, 0.25) is 0 Å². The van der Waals surface area contributed by atoms with E-state index in [-0.39, 0.29) is 16.5 Å². The Kier molecular flexibility index (Phi) is 6.80. The summed E-state index contributed by atoms with van der Waals surface area (Å²) in [4.78, 5) is 27.9. The summed E-state index contributed by atoms with van der Waals surface area (Å²) in [7, 11) is 0. The summed E-state index contributed by atoms with van der Waals surface area (Å²) in [6.45, 7) is 3.91. The normalized spacial score (nSPS) is 16.8. The zero-order chi connectivity index (χ0) is 24.2. The fourth-order valence-electron chi connectivity index (χ4n) is 3.70. The molecule has 1 N–H and O–H groups in total. The molecule has 1 atom stereocenters. The minimum Gasteiger partial charge on any atom is -0.321 e. The van der Waals surface area contributed by atoms with Crippen molar-refractivity contribution in [2.45, 2.75) is 25.5 Å². The van der Waals surface area contributed by atoms with Gasteiger partial charge in [-0.2, -0.15) is 5.26 Å². The Morgan fingerprint density at radius 1 is 1.06 bits per heavy atom. The molecule has 1 aliphatic rings. The van der Waals surface area contributed by atoms with Gasteiger partial charge in [0.1, 0.15) is 22.5 Å². The third-order valence-corrected chi connectivity index (χ3v) is 6.67. The third-order valence-electron chi connectivity index (χ3n) is 5.40. The number of rotatable bonds is 5. The van der Waals surface area contributed by atoms with Gasteiger partial charge in [0.25, 0.3) is 5.91 Å². The molecule has 1 aliphatic heterocycles. The molecule has 0 aliphatic carbocycles. The molecule has 1 fully saturated rings. The van der Waals surface area contributed by atoms with Crippen LogP contribution in [0.25, 0.3) is 0 Å². The maximum Gasteiger partial charge on any atom is 0.269 e. The predicted octanol–water partition coefficient (Wildman–Crippen LogP) is 5.51. The maximum atomic E-state index is 13.6. The van der Waals surface area contributed by atoms with Crippen molar-refractivity contribution in [1.82, 2.24) is 0 Å². The van der Waals surface area contributed by atoms with E-state index in [1.54, 1.807) is 12.1 Å². The smallest absolute Gasteiger partial charge is 0.269 e. The first-order chi connectivity index (χ1) is 16.4. The lowest BCUT2D eigenvalue weighted by molar-refractivity contribution is -0.117. The summed E-state index contributed by atoms with van der Waals surface area (Å²) in [6.07, 6.45) is 0.435. The molecule has 0 radical (unpaired) electrons. The summed E-state index contributed by atoms with van der Waals surface area (Å²) < 4.78 is 13.6. The highest BCUT2D eigenvalue weighted by atomic mass is 32.2. The summed E-state index contributed by atoms with van der Waals surface area (Å²) in [6, 6.07) is 22.5. The second kappa shape index (κ2) is 9.94. The summed E-state index contributed by atoms with van der Waals surface area (Å²) in [5.74, 6) is -1.31. The number of benzene rings is 3. The summed E-state index contributed by atoms with van der Waals surface area (Å²) in [5.41, 5.74) is 3.87. The molecule has 3 aromatic rings. The van der Waals surface area contributed by atoms with Crippen LogP contribution in [0, 0.1) is 31.0 Å². The molecule has 0 saturated carbocycles. The van der Waals surface area contributed by atoms with Crippen molar-refractivity contribution in [3.05, 3.63) is 106 Å². The molecule has 0 spiro atoms. The Bertz CT molecular complexity index is 1310. The van der Waals surface area contributed by atoms with Crippen molar-refractivity contribution in [1.29, 1.82) is 5.26 Å². The number of nitriles is 1. The highest BCUT2D eigenvalue weighted by Gasteiger charge is 2.40. The SMILES string of the molecule is Cc1ccc(NC(=O)C(C#N)=C2SC(Cc3cccc(C)c3)C(=O)N2c2ccc(F)cc2)cc1. The molecule has 4 rings (SSSR count). The number of hydrogen-bond acceptors (Lipinski definition) is 4. The molecule has 7 heteroatoms. The van der Waals surface area contributed by atoms with E-state index >= 15 is 0 Å². The van der Waals surface area contributed by atoms with Crippen LogP contribution in [0.4, 0.5) is 15.8 Å². The lowest BCUT2D eigenvalue weighted by Gasteiger charge is -2.18. The Morgan fingerprint density at radius 2 is 1.76 bits per heavy atom. The van der Waals surface area contributed by atoms with Crippen molar-refractivity contribution < 1.29 is 14.0 Å². The van der Waals surface area contributed by atoms with Crippen LogP contribution >= 0.6 is 11.8 Å². The van der Waals surface area contributed by atoms with E-state index in [4.69, 9.17) is 0 Å². The maximum absolute atomic E-state index is 13.6. The number of carbonyl (C=O) groups is 2. The molecule has 2 amide bonds. The van der Waals surface area contributed by atoms with Crippen LogP contribution in [-0.2, 0) is 16.0 Å². The molecule has 3 aromatic carbocycles. The number of aryl methyl sites for hydroxylation is 2. The van der Waals surface area contributed by atoms with Crippen LogP contribution in [0.15, 0.2) is 83.4 Å². The molecule has 0 bridgehead atoms. The highest BCUT2D eigenvalue weighted by Crippen LogP contribution is 2.42. The standard InChI is InChI=1S/C27H22FN3O2S/c1-17-6-10-21(11-7-17)30-25(32)23(16-29)27-31(22-12-8-20(28)9-13-22)26(33)24(34-27)15-19-5-3-4-18(2)14-19/h3-14,24H,15H2,1-2H3,(H,30,32). The van der Waals surface area contributed by atoms with Gasteiger partial charge in [0.2, 0.25) is 5.91 Å². The van der Waals surface area contributed by atoms with Gasteiger partial charge in [0.05, 0.1) is 5.25 Å². The van der Waals surface area contributed by atoms with Crippen molar-refractivity contribution >= 4 is 35.0 Å². The lowest BCUT2D eigenvalue weighted by atomic mass is 10.1. The monoisotopic (exact) mass is 471 g/mol. The largest absolute Gasteiger partial charge is 0.321 e. The third kappa shape index (κ3) is 5.03. The van der Waals surface area contributed by atoms with E-state index in [9.17, 15) is 19.2 Å². The number of nitrogens with one attached hydrogen (secondary N) is 1. The van der Waals surface area contributed by atoms with E-state index in [0.29, 0.717) is 17.8 Å². The molecule has 0 aromatic heterocycles. The zero-order valence-electron chi connectivity index (χ0n) is 18.7. The van der Waals surface area contributed by atoms with Crippen LogP contribution in [0.5, 0.6) is 0 Å². The first-order valence-electron chi connectivity index (χ1n) is 10.7. The molecule has 1 heterocycles. The topological polar surface area (TPSA) is 73.2 Å². The van der Waals surface area contributed by atoms with Gasteiger partial charge in [0, 0.05) is 11.4 Å². The average molecular weight is 472 g/mol. The van der Waals surface area contributed by atoms with Crippen molar-refractivity contribution in [3.8, 4) is 6.07 Å². The second-order valence-electron chi connectivity index (χ2n) is 8.06. The van der Waals surface area contributed by atoms with E-state index in [1.807, 2.05) is 56.3 Å². The van der Waals surface area contributed by atoms with Gasteiger partial charge in [-0.1, -0.05) is 59.3 Å². The minimum absolute atomic E-state index is 0.171. The van der Waals surface area contributed by atoms with Gasteiger partial charge in [-0.3, -0.25) is 14.5 Å². The molecule has 5 nitrogen and oxygen atoms in total. The number of halogens is 1. The zero-order valence-corrected chi connectivity index (χ0v) is 19.5. The number of nitrogens with zero attached hydrogens (tertiary/aromatic N) is 2. The number of hydrogen-bond donors (Lipinski definition) is 1. The average Bonchev–Trinajstić information content (AvgIpc) is 3.12. The number of amides is 2. The lowest BCUT2D eigenvalue weighted by Crippen LogP contribution is -2.31. The summed E-state index contributed by atoms with van der Waals surface area (Å²) in [5, 5.41) is 12.3. The summed E-state index contributed by atoms with van der Waals surface area (Å²) >= 11 is 1.18. The van der Waals surface area contributed by atoms with E-state index in [1.165, 1.54) is 40.9 Å². The Hall–Kier alpha value is -3.89.